The molecular weight excluding hydrogens is 316 g/mol. The zero-order valence-corrected chi connectivity index (χ0v) is 14.3. The van der Waals surface area contributed by atoms with Crippen LogP contribution in [-0.2, 0) is 11.8 Å². The average molecular weight is 338 g/mol. The van der Waals surface area contributed by atoms with E-state index in [0.29, 0.717) is 25.2 Å². The van der Waals surface area contributed by atoms with Gasteiger partial charge in [0, 0.05) is 51.1 Å². The quantitative estimate of drug-likeness (QED) is 0.906. The number of hydrogen-bond donors (Lipinski definition) is 1. The summed E-state index contributed by atoms with van der Waals surface area (Å²) in [5.74, 6) is 0.312. The first-order chi connectivity index (χ1) is 12.1. The van der Waals surface area contributed by atoms with Gasteiger partial charge in [-0.1, -0.05) is 0 Å². The van der Waals surface area contributed by atoms with Gasteiger partial charge < -0.3 is 14.8 Å². The zero-order chi connectivity index (χ0) is 17.4. The van der Waals surface area contributed by atoms with Crippen molar-refractivity contribution in [2.45, 2.75) is 30.7 Å². The van der Waals surface area contributed by atoms with Gasteiger partial charge in [0.05, 0.1) is 5.54 Å². The van der Waals surface area contributed by atoms with Crippen LogP contribution < -0.4 is 5.32 Å². The lowest BCUT2D eigenvalue weighted by molar-refractivity contribution is -0.120. The molecule has 2 amide bonds. The normalized spacial score (nSPS) is 22.2. The molecule has 4 heterocycles. The largest absolute Gasteiger partial charge is 0.350 e. The summed E-state index contributed by atoms with van der Waals surface area (Å²) in [6, 6.07) is 7.72. The van der Waals surface area contributed by atoms with Crippen molar-refractivity contribution in [3.63, 3.8) is 0 Å². The minimum absolute atomic E-state index is 0.0622. The van der Waals surface area contributed by atoms with Crippen LogP contribution in [0, 0.1) is 0 Å². The Labute approximate surface area is 146 Å². The van der Waals surface area contributed by atoms with Crippen LogP contribution in [0.3, 0.4) is 0 Å². The van der Waals surface area contributed by atoms with Gasteiger partial charge in [0.1, 0.15) is 5.69 Å². The molecule has 2 aromatic heterocycles. The molecule has 1 spiro atoms. The molecule has 25 heavy (non-hydrogen) atoms. The molecule has 4 rings (SSSR count). The third-order valence-electron chi connectivity index (χ3n) is 5.66. The van der Waals surface area contributed by atoms with Crippen molar-refractivity contribution < 1.29 is 9.59 Å². The molecule has 2 aromatic rings. The molecule has 1 unspecified atom stereocenters. The molecule has 1 N–H and O–H groups in total. The first-order valence-electron chi connectivity index (χ1n) is 8.71. The first kappa shape index (κ1) is 15.9. The lowest BCUT2D eigenvalue weighted by atomic mass is 9.74. The summed E-state index contributed by atoms with van der Waals surface area (Å²) in [6.07, 6.45) is 7.51. The van der Waals surface area contributed by atoms with E-state index in [-0.39, 0.29) is 23.3 Å². The molecule has 130 valence electrons. The number of piperidine rings is 1. The highest BCUT2D eigenvalue weighted by Gasteiger charge is 2.49. The van der Waals surface area contributed by atoms with Crippen molar-refractivity contribution in [3.05, 3.63) is 54.1 Å². The SMILES string of the molecule is Cn1cccc1C(=O)N1CCC2(CC1)NC(=O)CC2c1ccncc1. The fraction of sp³-hybridized carbons (Fsp3) is 0.421. The van der Waals surface area contributed by atoms with Gasteiger partial charge in [0.15, 0.2) is 0 Å². The van der Waals surface area contributed by atoms with Crippen LogP contribution >= 0.6 is 0 Å². The third kappa shape index (κ3) is 2.71. The van der Waals surface area contributed by atoms with Gasteiger partial charge in [0.2, 0.25) is 5.91 Å². The molecule has 0 aliphatic carbocycles. The molecule has 0 aromatic carbocycles. The van der Waals surface area contributed by atoms with Crippen molar-refractivity contribution in [1.82, 2.24) is 19.8 Å². The number of carbonyl (C=O) groups excluding carboxylic acids is 2. The van der Waals surface area contributed by atoms with Gasteiger partial charge in [-0.15, -0.1) is 0 Å². The van der Waals surface area contributed by atoms with Gasteiger partial charge in [-0.3, -0.25) is 14.6 Å². The van der Waals surface area contributed by atoms with Gasteiger partial charge in [-0.05, 0) is 42.7 Å². The first-order valence-corrected chi connectivity index (χ1v) is 8.71. The fourth-order valence-corrected chi connectivity index (χ4v) is 4.26. The van der Waals surface area contributed by atoms with Crippen LogP contribution in [0.15, 0.2) is 42.9 Å². The van der Waals surface area contributed by atoms with Gasteiger partial charge >= 0.3 is 0 Å². The Morgan fingerprint density at radius 1 is 1.24 bits per heavy atom. The monoisotopic (exact) mass is 338 g/mol. The maximum atomic E-state index is 12.7. The smallest absolute Gasteiger partial charge is 0.270 e. The maximum absolute atomic E-state index is 12.7. The van der Waals surface area contributed by atoms with E-state index in [0.717, 1.165) is 18.4 Å². The number of carbonyl (C=O) groups is 2. The predicted octanol–water partition coefficient (Wildman–Crippen LogP) is 1.70. The summed E-state index contributed by atoms with van der Waals surface area (Å²) in [5, 5.41) is 3.22. The van der Waals surface area contributed by atoms with Gasteiger partial charge in [0.25, 0.3) is 5.91 Å². The predicted molar refractivity (Wildman–Crippen MR) is 93.0 cm³/mol. The highest BCUT2D eigenvalue weighted by Crippen LogP contribution is 2.43. The summed E-state index contributed by atoms with van der Waals surface area (Å²) >= 11 is 0. The molecule has 0 bridgehead atoms. The van der Waals surface area contributed by atoms with E-state index in [1.807, 2.05) is 47.0 Å². The number of nitrogens with one attached hydrogen (secondary N) is 1. The maximum Gasteiger partial charge on any atom is 0.270 e. The molecule has 1 atom stereocenters. The van der Waals surface area contributed by atoms with Crippen molar-refractivity contribution in [2.24, 2.45) is 7.05 Å². The van der Waals surface area contributed by atoms with Crippen LogP contribution in [0.1, 0.15) is 41.2 Å². The second-order valence-corrected chi connectivity index (χ2v) is 7.04. The highest BCUT2D eigenvalue weighted by molar-refractivity contribution is 5.93. The summed E-state index contributed by atoms with van der Waals surface area (Å²) in [4.78, 5) is 30.8. The molecule has 2 aliphatic rings. The minimum atomic E-state index is -0.247. The van der Waals surface area contributed by atoms with Crippen molar-refractivity contribution in [2.75, 3.05) is 13.1 Å². The summed E-state index contributed by atoms with van der Waals surface area (Å²) in [7, 11) is 1.88. The molecule has 0 radical (unpaired) electrons. The average Bonchev–Trinajstić information content (AvgIpc) is 3.19. The standard InChI is InChI=1S/C19H22N4O2/c1-22-10-2-3-16(22)18(25)23-11-6-19(7-12-23)15(13-17(24)21-19)14-4-8-20-9-5-14/h2-5,8-10,15H,6-7,11-13H2,1H3,(H,21,24). The summed E-state index contributed by atoms with van der Waals surface area (Å²) < 4.78 is 1.85. The Hall–Kier alpha value is -2.63. The van der Waals surface area contributed by atoms with E-state index in [4.69, 9.17) is 0 Å². The van der Waals surface area contributed by atoms with Crippen LogP contribution in [0.2, 0.25) is 0 Å². The van der Waals surface area contributed by atoms with Crippen LogP contribution in [0.25, 0.3) is 0 Å². The molecule has 2 saturated heterocycles. The van der Waals surface area contributed by atoms with Crippen molar-refractivity contribution >= 4 is 11.8 Å². The van der Waals surface area contributed by atoms with Gasteiger partial charge in [-0.2, -0.15) is 0 Å². The van der Waals surface area contributed by atoms with Crippen LogP contribution in [0.4, 0.5) is 0 Å². The van der Waals surface area contributed by atoms with E-state index < -0.39 is 0 Å². The van der Waals surface area contributed by atoms with E-state index in [2.05, 4.69) is 10.3 Å². The molecule has 6 nitrogen and oxygen atoms in total. The van der Waals surface area contributed by atoms with E-state index in [9.17, 15) is 9.59 Å². The van der Waals surface area contributed by atoms with Gasteiger partial charge in [-0.25, -0.2) is 0 Å². The molecule has 2 fully saturated rings. The number of pyridine rings is 1. The molecule has 0 saturated carbocycles. The third-order valence-corrected chi connectivity index (χ3v) is 5.66. The Balaban J connectivity index is 1.52. The molecule has 6 heteroatoms. The topological polar surface area (TPSA) is 67.2 Å². The summed E-state index contributed by atoms with van der Waals surface area (Å²) in [5.41, 5.74) is 1.61. The van der Waals surface area contributed by atoms with E-state index >= 15 is 0 Å². The molecular formula is C19H22N4O2. The Kier molecular flexibility index (Phi) is 3.82. The van der Waals surface area contributed by atoms with Crippen LogP contribution in [0.5, 0.6) is 0 Å². The number of aromatic nitrogens is 2. The number of amides is 2. The Morgan fingerprint density at radius 2 is 1.96 bits per heavy atom. The minimum Gasteiger partial charge on any atom is -0.350 e. The highest BCUT2D eigenvalue weighted by atomic mass is 16.2. The number of nitrogens with zero attached hydrogens (tertiary/aromatic N) is 3. The van der Waals surface area contributed by atoms with Crippen molar-refractivity contribution in [3.8, 4) is 0 Å². The summed E-state index contributed by atoms with van der Waals surface area (Å²) in [6.45, 7) is 1.32. The Bertz CT molecular complexity index is 791. The van der Waals surface area contributed by atoms with E-state index in [1.165, 1.54) is 0 Å². The fourth-order valence-electron chi connectivity index (χ4n) is 4.26. The second kappa shape index (κ2) is 6.02. The zero-order valence-electron chi connectivity index (χ0n) is 14.3. The Morgan fingerprint density at radius 3 is 2.60 bits per heavy atom. The van der Waals surface area contributed by atoms with E-state index in [1.54, 1.807) is 12.4 Å². The lowest BCUT2D eigenvalue weighted by Crippen LogP contribution is -2.54. The number of aryl methyl sites for hydroxylation is 1. The van der Waals surface area contributed by atoms with Crippen LogP contribution in [-0.4, -0.2) is 44.9 Å². The number of hydrogen-bond acceptors (Lipinski definition) is 3. The lowest BCUT2D eigenvalue weighted by Gasteiger charge is -2.43. The second-order valence-electron chi connectivity index (χ2n) is 7.04. The molecule has 2 aliphatic heterocycles. The number of likely N-dealkylation sites (tertiary alicyclic amines) is 1. The number of rotatable bonds is 2. The van der Waals surface area contributed by atoms with Crippen molar-refractivity contribution in [1.29, 1.82) is 0 Å².